The Kier molecular flexibility index (Phi) is 10.8. The number of hydrogen-bond acceptors (Lipinski definition) is 4. The molecule has 1 fully saturated rings. The molecule has 0 aromatic heterocycles. The second-order valence-corrected chi connectivity index (χ2v) is 7.53. The van der Waals surface area contributed by atoms with Crippen LogP contribution in [0.3, 0.4) is 0 Å². The molecule has 4 unspecified atom stereocenters. The van der Waals surface area contributed by atoms with E-state index in [0.29, 0.717) is 6.04 Å². The normalized spacial score (nSPS) is 22.4. The molecule has 0 aromatic rings. The van der Waals surface area contributed by atoms with Gasteiger partial charge in [0.1, 0.15) is 0 Å². The van der Waals surface area contributed by atoms with Gasteiger partial charge in [-0.15, -0.1) is 6.58 Å². The zero-order valence-electron chi connectivity index (χ0n) is 17.6. The molecule has 0 aromatic carbocycles. The number of likely N-dealkylation sites (N-methyl/N-ethyl adjacent to an activating group) is 2. The highest BCUT2D eigenvalue weighted by Gasteiger charge is 2.25. The molecular weight excluding hydrogens is 332 g/mol. The summed E-state index contributed by atoms with van der Waals surface area (Å²) in [6, 6.07) is 1.14. The number of hydrogen-bond donors (Lipinski definition) is 3. The molecule has 152 valence electrons. The molecule has 0 radical (unpaired) electrons. The van der Waals surface area contributed by atoms with Gasteiger partial charge in [0.25, 0.3) is 0 Å². The third kappa shape index (κ3) is 8.19. The van der Waals surface area contributed by atoms with E-state index in [4.69, 9.17) is 5.73 Å². The zero-order chi connectivity index (χ0) is 20.2. The third-order valence-electron chi connectivity index (χ3n) is 5.43. The van der Waals surface area contributed by atoms with Gasteiger partial charge >= 0.3 is 0 Å². The molecule has 1 aliphatic carbocycles. The van der Waals surface area contributed by atoms with Crippen molar-refractivity contribution in [3.63, 3.8) is 0 Å². The van der Waals surface area contributed by atoms with Crippen molar-refractivity contribution < 1.29 is 0 Å². The SMILES string of the molecule is C=CCCC(C(=C)NC)N(C)/C=C\C(C/C=C(\C)C=C)NC1CCCC1N. The summed E-state index contributed by atoms with van der Waals surface area (Å²) in [5, 5.41) is 6.95. The third-order valence-corrected chi connectivity index (χ3v) is 5.43. The maximum absolute atomic E-state index is 6.27. The van der Waals surface area contributed by atoms with Crippen LogP contribution in [0.1, 0.15) is 45.4 Å². The minimum absolute atomic E-state index is 0.240. The molecule has 4 N–H and O–H groups in total. The summed E-state index contributed by atoms with van der Waals surface area (Å²) >= 11 is 0. The number of nitrogens with zero attached hydrogens (tertiary/aromatic N) is 1. The van der Waals surface area contributed by atoms with Gasteiger partial charge < -0.3 is 21.3 Å². The van der Waals surface area contributed by atoms with E-state index in [0.717, 1.165) is 37.8 Å². The van der Waals surface area contributed by atoms with E-state index in [1.807, 2.05) is 19.2 Å². The molecule has 0 heterocycles. The molecule has 1 aliphatic rings. The van der Waals surface area contributed by atoms with E-state index < -0.39 is 0 Å². The van der Waals surface area contributed by atoms with Gasteiger partial charge in [0.15, 0.2) is 0 Å². The van der Waals surface area contributed by atoms with E-state index in [-0.39, 0.29) is 18.1 Å². The number of allylic oxidation sites excluding steroid dienone is 3. The Balaban J connectivity index is 2.83. The molecule has 27 heavy (non-hydrogen) atoms. The molecule has 0 bridgehead atoms. The van der Waals surface area contributed by atoms with Crippen LogP contribution in [-0.4, -0.2) is 43.2 Å². The van der Waals surface area contributed by atoms with E-state index >= 15 is 0 Å². The van der Waals surface area contributed by atoms with Crippen LogP contribution in [0.2, 0.25) is 0 Å². The zero-order valence-corrected chi connectivity index (χ0v) is 17.6. The van der Waals surface area contributed by atoms with Crippen LogP contribution in [0, 0.1) is 0 Å². The molecule has 0 spiro atoms. The maximum atomic E-state index is 6.27. The Labute approximate surface area is 167 Å². The average molecular weight is 373 g/mol. The predicted octanol–water partition coefficient (Wildman–Crippen LogP) is 3.86. The highest BCUT2D eigenvalue weighted by molar-refractivity contribution is 5.15. The first kappa shape index (κ1) is 23.3. The Morgan fingerprint density at radius 2 is 2.07 bits per heavy atom. The molecule has 1 rings (SSSR count). The Morgan fingerprint density at radius 3 is 2.63 bits per heavy atom. The fraction of sp³-hybridized carbons (Fsp3) is 0.565. The molecule has 0 saturated heterocycles. The summed E-state index contributed by atoms with van der Waals surface area (Å²) in [5.74, 6) is 0. The smallest absolute Gasteiger partial charge is 0.0676 e. The summed E-state index contributed by atoms with van der Waals surface area (Å²) in [6.07, 6.45) is 16.9. The van der Waals surface area contributed by atoms with Crippen LogP contribution in [0.25, 0.3) is 0 Å². The van der Waals surface area contributed by atoms with Crippen molar-refractivity contribution in [2.45, 2.75) is 69.6 Å². The maximum Gasteiger partial charge on any atom is 0.0676 e. The fourth-order valence-corrected chi connectivity index (χ4v) is 3.48. The number of rotatable bonds is 13. The molecule has 4 atom stereocenters. The van der Waals surface area contributed by atoms with Crippen LogP contribution >= 0.6 is 0 Å². The summed E-state index contributed by atoms with van der Waals surface area (Å²) in [6.45, 7) is 13.9. The standard InChI is InChI=1S/C23H40N4/c1-7-9-13-23(19(4)25-5)27(6)17-16-20(15-14-18(3)8-2)26-22-12-10-11-21(22)24/h7-8,14,16-17,20-23,25-26H,1-2,4,9-13,15,24H2,3,5-6H3/b17-16-,18-14+. The van der Waals surface area contributed by atoms with Crippen molar-refractivity contribution >= 4 is 0 Å². The Hall–Kier alpha value is -1.78. The van der Waals surface area contributed by atoms with Crippen molar-refractivity contribution in [2.24, 2.45) is 5.73 Å². The van der Waals surface area contributed by atoms with E-state index in [1.165, 1.54) is 12.0 Å². The first-order valence-corrected chi connectivity index (χ1v) is 10.1. The average Bonchev–Trinajstić information content (AvgIpc) is 3.07. The largest absolute Gasteiger partial charge is 0.390 e. The summed E-state index contributed by atoms with van der Waals surface area (Å²) < 4.78 is 0. The van der Waals surface area contributed by atoms with Crippen LogP contribution < -0.4 is 16.4 Å². The lowest BCUT2D eigenvalue weighted by Crippen LogP contribution is -2.45. The highest BCUT2D eigenvalue weighted by Crippen LogP contribution is 2.19. The molecule has 0 aliphatic heterocycles. The summed E-state index contributed by atoms with van der Waals surface area (Å²) in [5.41, 5.74) is 8.49. The van der Waals surface area contributed by atoms with Gasteiger partial charge in [-0.2, -0.15) is 0 Å². The molecule has 1 saturated carbocycles. The van der Waals surface area contributed by atoms with Crippen molar-refractivity contribution in [2.75, 3.05) is 14.1 Å². The number of nitrogens with two attached hydrogens (primary N) is 1. The van der Waals surface area contributed by atoms with Gasteiger partial charge in [0.05, 0.1) is 6.04 Å². The lowest BCUT2D eigenvalue weighted by Gasteiger charge is -2.29. The molecular formula is C23H40N4. The van der Waals surface area contributed by atoms with Crippen molar-refractivity contribution in [1.29, 1.82) is 0 Å². The van der Waals surface area contributed by atoms with Crippen LogP contribution in [0.15, 0.2) is 61.5 Å². The lowest BCUT2D eigenvalue weighted by atomic mass is 10.1. The van der Waals surface area contributed by atoms with Crippen molar-refractivity contribution in [1.82, 2.24) is 15.5 Å². The van der Waals surface area contributed by atoms with Gasteiger partial charge in [-0.1, -0.05) is 49.5 Å². The Bertz CT molecular complexity index is 534. The molecule has 4 heteroatoms. The van der Waals surface area contributed by atoms with Gasteiger partial charge in [-0.3, -0.25) is 0 Å². The highest BCUT2D eigenvalue weighted by atomic mass is 15.1. The lowest BCUT2D eigenvalue weighted by molar-refractivity contribution is 0.339. The predicted molar refractivity (Wildman–Crippen MR) is 119 cm³/mol. The van der Waals surface area contributed by atoms with Crippen molar-refractivity contribution in [3.8, 4) is 0 Å². The van der Waals surface area contributed by atoms with Gasteiger partial charge in [-0.25, -0.2) is 0 Å². The quantitative estimate of drug-likeness (QED) is 0.339. The molecule has 0 amide bonds. The van der Waals surface area contributed by atoms with E-state index in [1.54, 1.807) is 0 Å². The minimum Gasteiger partial charge on any atom is -0.390 e. The van der Waals surface area contributed by atoms with Crippen molar-refractivity contribution in [3.05, 3.63) is 61.5 Å². The van der Waals surface area contributed by atoms with Gasteiger partial charge in [0, 0.05) is 37.9 Å². The summed E-state index contributed by atoms with van der Waals surface area (Å²) in [7, 11) is 4.03. The van der Waals surface area contributed by atoms with Crippen LogP contribution in [0.4, 0.5) is 0 Å². The summed E-state index contributed by atoms with van der Waals surface area (Å²) in [4.78, 5) is 2.23. The minimum atomic E-state index is 0.240. The van der Waals surface area contributed by atoms with Crippen LogP contribution in [-0.2, 0) is 0 Å². The monoisotopic (exact) mass is 372 g/mol. The van der Waals surface area contributed by atoms with Gasteiger partial charge in [0.2, 0.25) is 0 Å². The first-order valence-electron chi connectivity index (χ1n) is 10.1. The Morgan fingerprint density at radius 1 is 1.33 bits per heavy atom. The van der Waals surface area contributed by atoms with E-state index in [2.05, 4.69) is 67.6 Å². The fourth-order valence-electron chi connectivity index (χ4n) is 3.48. The van der Waals surface area contributed by atoms with Gasteiger partial charge in [-0.05, 0) is 45.2 Å². The first-order chi connectivity index (χ1) is 12.9. The second-order valence-electron chi connectivity index (χ2n) is 7.53. The van der Waals surface area contributed by atoms with E-state index in [9.17, 15) is 0 Å². The molecule has 4 nitrogen and oxygen atoms in total. The topological polar surface area (TPSA) is 53.3 Å². The number of nitrogens with one attached hydrogen (secondary N) is 2. The van der Waals surface area contributed by atoms with Crippen LogP contribution in [0.5, 0.6) is 0 Å². The second kappa shape index (κ2) is 12.6.